The lowest BCUT2D eigenvalue weighted by atomic mass is 9.65. The molecule has 2 saturated heterocycles. The summed E-state index contributed by atoms with van der Waals surface area (Å²) in [6, 6.07) is 4.22. The number of anilines is 1. The normalized spacial score (nSPS) is 25.7. The maximum absolute atomic E-state index is 13.5. The Morgan fingerprint density at radius 2 is 1.77 bits per heavy atom. The number of rotatable bonds is 0. The van der Waals surface area contributed by atoms with Crippen LogP contribution in [0.2, 0.25) is 0 Å². The molecular formula is C21H23N5O4. The molecule has 3 aliphatic rings. The molecule has 4 amide bonds. The number of imide groups is 2. The Labute approximate surface area is 172 Å². The lowest BCUT2D eigenvalue weighted by molar-refractivity contribution is -0.160. The molecule has 156 valence electrons. The fraction of sp³-hybridized carbons (Fsp3) is 0.476. The summed E-state index contributed by atoms with van der Waals surface area (Å²) >= 11 is 0. The fourth-order valence-corrected chi connectivity index (χ4v) is 5.29. The number of pyridine rings is 1. The summed E-state index contributed by atoms with van der Waals surface area (Å²) in [4.78, 5) is 61.5. The molecule has 30 heavy (non-hydrogen) atoms. The minimum atomic E-state index is -1.51. The highest BCUT2D eigenvalue weighted by Gasteiger charge is 2.64. The van der Waals surface area contributed by atoms with Crippen molar-refractivity contribution in [3.63, 3.8) is 0 Å². The van der Waals surface area contributed by atoms with Gasteiger partial charge in [-0.15, -0.1) is 0 Å². The van der Waals surface area contributed by atoms with Gasteiger partial charge in [0.15, 0.2) is 5.41 Å². The van der Waals surface area contributed by atoms with Crippen LogP contribution in [0.25, 0.3) is 5.65 Å². The summed E-state index contributed by atoms with van der Waals surface area (Å²) in [5, 5.41) is 0. The Balaban J connectivity index is 1.80. The number of carbonyl (C=O) groups is 3. The zero-order valence-corrected chi connectivity index (χ0v) is 17.2. The lowest BCUT2D eigenvalue weighted by Gasteiger charge is -2.54. The molecule has 0 aliphatic carbocycles. The van der Waals surface area contributed by atoms with Crippen molar-refractivity contribution in [1.82, 2.24) is 19.2 Å². The Bertz CT molecular complexity index is 1150. The fourth-order valence-electron chi connectivity index (χ4n) is 5.29. The Morgan fingerprint density at radius 1 is 1.07 bits per heavy atom. The Morgan fingerprint density at radius 3 is 2.47 bits per heavy atom. The molecule has 1 spiro atoms. The van der Waals surface area contributed by atoms with Crippen molar-refractivity contribution in [3.05, 3.63) is 40.3 Å². The van der Waals surface area contributed by atoms with Crippen molar-refractivity contribution in [3.8, 4) is 0 Å². The maximum Gasteiger partial charge on any atom is 0.332 e. The van der Waals surface area contributed by atoms with Crippen LogP contribution < -0.4 is 10.5 Å². The van der Waals surface area contributed by atoms with Gasteiger partial charge in [-0.05, 0) is 30.9 Å². The predicted octanol–water partition coefficient (Wildman–Crippen LogP) is 0.892. The number of barbiturate groups is 1. The number of fused-ring (bicyclic) bond motifs is 5. The van der Waals surface area contributed by atoms with E-state index in [1.54, 1.807) is 18.3 Å². The Kier molecular flexibility index (Phi) is 3.84. The quantitative estimate of drug-likeness (QED) is 0.600. The number of hydrogen-bond donors (Lipinski definition) is 0. The van der Waals surface area contributed by atoms with Crippen LogP contribution in [-0.2, 0) is 16.0 Å². The van der Waals surface area contributed by atoms with E-state index < -0.39 is 29.3 Å². The van der Waals surface area contributed by atoms with Crippen molar-refractivity contribution in [1.29, 1.82) is 0 Å². The van der Waals surface area contributed by atoms with Crippen molar-refractivity contribution in [2.75, 3.05) is 25.5 Å². The van der Waals surface area contributed by atoms with Gasteiger partial charge < -0.3 is 4.90 Å². The summed E-state index contributed by atoms with van der Waals surface area (Å²) in [6.07, 6.45) is 3.06. The zero-order valence-electron chi connectivity index (χ0n) is 17.2. The molecule has 0 aromatic carbocycles. The molecule has 2 aromatic rings. The van der Waals surface area contributed by atoms with Gasteiger partial charge in [-0.1, -0.05) is 13.0 Å². The predicted molar refractivity (Wildman–Crippen MR) is 108 cm³/mol. The van der Waals surface area contributed by atoms with Gasteiger partial charge >= 0.3 is 6.03 Å². The molecule has 2 fully saturated rings. The largest absolute Gasteiger partial charge is 0.352 e. The molecule has 2 atom stereocenters. The highest BCUT2D eigenvalue weighted by Crippen LogP contribution is 2.48. The molecule has 9 nitrogen and oxygen atoms in total. The third-order valence-electron chi connectivity index (χ3n) is 6.91. The van der Waals surface area contributed by atoms with E-state index in [0.29, 0.717) is 35.9 Å². The average Bonchev–Trinajstić information content (AvgIpc) is 2.75. The number of amides is 4. The first kappa shape index (κ1) is 18.8. The van der Waals surface area contributed by atoms with Crippen LogP contribution in [0, 0.1) is 11.3 Å². The third kappa shape index (κ3) is 2.20. The van der Waals surface area contributed by atoms with E-state index in [1.165, 1.54) is 18.5 Å². The second-order valence-corrected chi connectivity index (χ2v) is 8.65. The van der Waals surface area contributed by atoms with Gasteiger partial charge in [-0.2, -0.15) is 0 Å². The molecular weight excluding hydrogens is 386 g/mol. The minimum absolute atomic E-state index is 0.0560. The third-order valence-corrected chi connectivity index (χ3v) is 6.91. The van der Waals surface area contributed by atoms with Crippen molar-refractivity contribution < 1.29 is 14.4 Å². The van der Waals surface area contributed by atoms with Gasteiger partial charge in [0, 0.05) is 33.3 Å². The van der Waals surface area contributed by atoms with Crippen LogP contribution in [0.4, 0.5) is 10.6 Å². The number of hydrogen-bond acceptors (Lipinski definition) is 6. The summed E-state index contributed by atoms with van der Waals surface area (Å²) in [5.74, 6) is -0.220. The van der Waals surface area contributed by atoms with Gasteiger partial charge in [0.25, 0.3) is 5.56 Å². The molecule has 0 unspecified atom stereocenters. The molecule has 2 aromatic heterocycles. The minimum Gasteiger partial charge on any atom is -0.352 e. The van der Waals surface area contributed by atoms with Crippen LogP contribution in [-0.4, -0.2) is 63.7 Å². The van der Waals surface area contributed by atoms with E-state index in [9.17, 15) is 19.2 Å². The Hall–Kier alpha value is -3.23. The first-order valence-corrected chi connectivity index (χ1v) is 10.1. The van der Waals surface area contributed by atoms with E-state index in [4.69, 9.17) is 4.98 Å². The van der Waals surface area contributed by atoms with E-state index in [0.717, 1.165) is 16.2 Å². The van der Waals surface area contributed by atoms with Gasteiger partial charge in [0.05, 0.1) is 11.6 Å². The highest BCUT2D eigenvalue weighted by molar-refractivity contribution is 6.20. The number of aromatic nitrogens is 2. The zero-order chi connectivity index (χ0) is 21.4. The van der Waals surface area contributed by atoms with E-state index in [2.05, 4.69) is 6.92 Å². The van der Waals surface area contributed by atoms with Crippen LogP contribution in [0.15, 0.2) is 29.2 Å². The number of piperidine rings is 1. The molecule has 0 saturated carbocycles. The van der Waals surface area contributed by atoms with Crippen LogP contribution in [0.3, 0.4) is 0 Å². The van der Waals surface area contributed by atoms with E-state index >= 15 is 0 Å². The SMILES string of the molecule is C[C@@H]1CCN2c3nc4ccccn4c(=O)c3CC3(C(=O)N(C)C(=O)N(C)C3=O)[C@@H]2C1. The summed E-state index contributed by atoms with van der Waals surface area (Å²) in [6.45, 7) is 2.69. The van der Waals surface area contributed by atoms with Crippen molar-refractivity contribution in [2.45, 2.75) is 32.2 Å². The average molecular weight is 409 g/mol. The molecule has 5 rings (SSSR count). The number of nitrogens with zero attached hydrogens (tertiary/aromatic N) is 5. The number of urea groups is 1. The van der Waals surface area contributed by atoms with Gasteiger partial charge in [0.2, 0.25) is 11.8 Å². The smallest absolute Gasteiger partial charge is 0.332 e. The van der Waals surface area contributed by atoms with Gasteiger partial charge in [-0.25, -0.2) is 9.78 Å². The highest BCUT2D eigenvalue weighted by atomic mass is 16.2. The summed E-state index contributed by atoms with van der Waals surface area (Å²) in [7, 11) is 2.79. The maximum atomic E-state index is 13.5. The van der Waals surface area contributed by atoms with E-state index in [1.807, 2.05) is 11.0 Å². The van der Waals surface area contributed by atoms with Crippen molar-refractivity contribution >= 4 is 29.3 Å². The summed E-state index contributed by atoms with van der Waals surface area (Å²) < 4.78 is 1.44. The monoisotopic (exact) mass is 409 g/mol. The van der Waals surface area contributed by atoms with Gasteiger partial charge in [0.1, 0.15) is 11.5 Å². The lowest BCUT2D eigenvalue weighted by Crippen LogP contribution is -2.72. The topological polar surface area (TPSA) is 95.3 Å². The molecule has 9 heteroatoms. The first-order chi connectivity index (χ1) is 14.3. The van der Waals surface area contributed by atoms with Crippen molar-refractivity contribution in [2.24, 2.45) is 11.3 Å². The molecule has 0 N–H and O–H groups in total. The number of carbonyl (C=O) groups excluding carboxylic acids is 3. The molecule has 3 aliphatic heterocycles. The van der Waals surface area contributed by atoms with E-state index in [-0.39, 0.29) is 12.0 Å². The molecule has 0 radical (unpaired) electrons. The summed E-state index contributed by atoms with van der Waals surface area (Å²) in [5.41, 5.74) is -0.916. The molecule has 5 heterocycles. The first-order valence-electron chi connectivity index (χ1n) is 10.1. The second-order valence-electron chi connectivity index (χ2n) is 8.65. The van der Waals surface area contributed by atoms with Crippen LogP contribution in [0.5, 0.6) is 0 Å². The van der Waals surface area contributed by atoms with Crippen LogP contribution >= 0.6 is 0 Å². The van der Waals surface area contributed by atoms with Gasteiger partial charge in [-0.3, -0.25) is 28.6 Å². The second kappa shape index (κ2) is 6.13. The van der Waals surface area contributed by atoms with Crippen LogP contribution in [0.1, 0.15) is 25.3 Å². The standard InChI is InChI=1S/C21H23N5O4/c1-12-7-9-25-14(10-12)21(18(28)23(2)20(30)24(3)19(21)29)11-13-16(25)22-15-6-4-5-8-26(15)17(13)27/h4-6,8,12,14H,7,9-11H2,1-3H3/t12-,14+/m1/s1. The molecule has 0 bridgehead atoms.